The van der Waals surface area contributed by atoms with E-state index in [0.717, 1.165) is 64.2 Å². The number of hydrogen-bond donors (Lipinski definition) is 2. The van der Waals surface area contributed by atoms with E-state index in [1.54, 1.807) is 0 Å². The molecule has 0 radical (unpaired) electrons. The van der Waals surface area contributed by atoms with Crippen LogP contribution in [0.3, 0.4) is 0 Å². The second kappa shape index (κ2) is 13.1. The fourth-order valence-electron chi connectivity index (χ4n) is 10.1. The molecule has 8 nitrogen and oxygen atoms in total. The van der Waals surface area contributed by atoms with Crippen molar-refractivity contribution in [3.63, 3.8) is 0 Å². The van der Waals surface area contributed by atoms with Crippen LogP contribution in [0.25, 0.3) is 0 Å². The SMILES string of the molecule is CC1(C)CC(OC(=O)C2CCC(C(=O)OC3CCC4CC(C(=O)OC5CC(C)(C)NC(C)(C)C5)CCC4C3)CC2)CC(C)(C)N1. The number of carbonyl (C=O) groups is 3. The van der Waals surface area contributed by atoms with Crippen molar-refractivity contribution in [2.75, 3.05) is 0 Å². The summed E-state index contributed by atoms with van der Waals surface area (Å²) in [6.07, 6.45) is 11.5. The number of hydrogen-bond acceptors (Lipinski definition) is 8. The van der Waals surface area contributed by atoms with E-state index in [-0.39, 0.29) is 76.1 Å². The summed E-state index contributed by atoms with van der Waals surface area (Å²) in [7, 11) is 0. The van der Waals surface area contributed by atoms with E-state index < -0.39 is 0 Å². The van der Waals surface area contributed by atoms with E-state index >= 15 is 0 Å². The largest absolute Gasteiger partial charge is 0.462 e. The van der Waals surface area contributed by atoms with Crippen molar-refractivity contribution in [2.24, 2.45) is 29.6 Å². The Kier molecular flexibility index (Phi) is 10.1. The molecule has 5 fully saturated rings. The molecule has 0 spiro atoms. The van der Waals surface area contributed by atoms with Crippen LogP contribution in [-0.2, 0) is 28.6 Å². The van der Waals surface area contributed by atoms with Crippen molar-refractivity contribution in [1.82, 2.24) is 10.6 Å². The molecule has 2 heterocycles. The molecule has 2 saturated heterocycles. The van der Waals surface area contributed by atoms with Gasteiger partial charge in [0.2, 0.25) is 0 Å². The van der Waals surface area contributed by atoms with Gasteiger partial charge in [-0.05, 0) is 131 Å². The second-order valence-corrected chi connectivity index (χ2v) is 18.2. The smallest absolute Gasteiger partial charge is 0.309 e. The van der Waals surface area contributed by atoms with Gasteiger partial charge in [-0.3, -0.25) is 14.4 Å². The lowest BCUT2D eigenvalue weighted by Crippen LogP contribution is -2.60. The minimum absolute atomic E-state index is 0.0107. The van der Waals surface area contributed by atoms with Gasteiger partial charge in [0.1, 0.15) is 18.3 Å². The van der Waals surface area contributed by atoms with Crippen LogP contribution in [0.15, 0.2) is 0 Å². The van der Waals surface area contributed by atoms with Crippen LogP contribution in [0.2, 0.25) is 0 Å². The summed E-state index contributed by atoms with van der Waals surface area (Å²) in [6.45, 7) is 17.4. The molecule has 3 aliphatic carbocycles. The third kappa shape index (κ3) is 9.24. The van der Waals surface area contributed by atoms with Gasteiger partial charge in [-0.1, -0.05) is 0 Å². The molecule has 4 unspecified atom stereocenters. The van der Waals surface area contributed by atoms with Crippen LogP contribution in [-0.4, -0.2) is 58.4 Å². The lowest BCUT2D eigenvalue weighted by Gasteiger charge is -2.46. The summed E-state index contributed by atoms with van der Waals surface area (Å²) >= 11 is 0. The molecule has 5 aliphatic rings. The van der Waals surface area contributed by atoms with Crippen molar-refractivity contribution in [3.05, 3.63) is 0 Å². The van der Waals surface area contributed by atoms with Crippen LogP contribution in [0, 0.1) is 29.6 Å². The summed E-state index contributed by atoms with van der Waals surface area (Å²) < 4.78 is 18.2. The second-order valence-electron chi connectivity index (χ2n) is 18.2. The number of nitrogens with one attached hydrogen (secondary N) is 2. The number of rotatable bonds is 6. The Bertz CT molecular complexity index is 1060. The molecule has 256 valence electrons. The van der Waals surface area contributed by atoms with E-state index in [1.165, 1.54) is 0 Å². The first kappa shape index (κ1) is 34.7. The molecule has 2 aliphatic heterocycles. The number of piperidine rings is 2. The number of esters is 3. The Morgan fingerprint density at radius 3 is 1.22 bits per heavy atom. The Balaban J connectivity index is 1.02. The third-order valence-electron chi connectivity index (χ3n) is 11.4. The monoisotopic (exact) mass is 630 g/mol. The maximum atomic E-state index is 13.2. The quantitative estimate of drug-likeness (QED) is 0.249. The summed E-state index contributed by atoms with van der Waals surface area (Å²) in [5, 5.41) is 7.31. The summed E-state index contributed by atoms with van der Waals surface area (Å²) in [6, 6.07) is 0. The molecule has 0 amide bonds. The van der Waals surface area contributed by atoms with Gasteiger partial charge in [0.05, 0.1) is 17.8 Å². The van der Waals surface area contributed by atoms with Crippen molar-refractivity contribution in [1.29, 1.82) is 0 Å². The first-order valence-corrected chi connectivity index (χ1v) is 18.1. The molecule has 0 aromatic carbocycles. The Morgan fingerprint density at radius 2 is 0.778 bits per heavy atom. The number of fused-ring (bicyclic) bond motifs is 1. The highest BCUT2D eigenvalue weighted by atomic mass is 16.6. The van der Waals surface area contributed by atoms with E-state index in [2.05, 4.69) is 66.0 Å². The summed E-state index contributed by atoms with van der Waals surface area (Å²) in [5.41, 5.74) is -0.235. The number of ether oxygens (including phenoxy) is 3. The van der Waals surface area contributed by atoms with Crippen LogP contribution in [0.4, 0.5) is 0 Å². The highest BCUT2D eigenvalue weighted by Gasteiger charge is 2.44. The van der Waals surface area contributed by atoms with Gasteiger partial charge >= 0.3 is 17.9 Å². The van der Waals surface area contributed by atoms with Crippen LogP contribution in [0.5, 0.6) is 0 Å². The van der Waals surface area contributed by atoms with Gasteiger partial charge in [0.15, 0.2) is 0 Å². The molecule has 0 aromatic rings. The van der Waals surface area contributed by atoms with E-state index in [1.807, 2.05) is 0 Å². The average molecular weight is 631 g/mol. The highest BCUT2D eigenvalue weighted by molar-refractivity contribution is 5.75. The van der Waals surface area contributed by atoms with Crippen molar-refractivity contribution in [3.8, 4) is 0 Å². The lowest BCUT2D eigenvalue weighted by atomic mass is 9.67. The minimum atomic E-state index is -0.126. The summed E-state index contributed by atoms with van der Waals surface area (Å²) in [5.74, 6) is 0.556. The number of carbonyl (C=O) groups excluding carboxylic acids is 3. The minimum Gasteiger partial charge on any atom is -0.462 e. The first-order valence-electron chi connectivity index (χ1n) is 18.1. The van der Waals surface area contributed by atoms with E-state index in [0.29, 0.717) is 37.5 Å². The van der Waals surface area contributed by atoms with Gasteiger partial charge in [0.25, 0.3) is 0 Å². The van der Waals surface area contributed by atoms with E-state index in [4.69, 9.17) is 14.2 Å². The van der Waals surface area contributed by atoms with Gasteiger partial charge < -0.3 is 24.8 Å². The molecule has 3 saturated carbocycles. The maximum absolute atomic E-state index is 13.2. The van der Waals surface area contributed by atoms with Gasteiger partial charge in [-0.25, -0.2) is 0 Å². The average Bonchev–Trinajstić information content (AvgIpc) is 2.89. The van der Waals surface area contributed by atoms with Gasteiger partial charge in [0, 0.05) is 47.8 Å². The lowest BCUT2D eigenvalue weighted by molar-refractivity contribution is -0.166. The standard InChI is InChI=1S/C37H62N2O6/c1-34(2)19-29(20-35(3,4)38-34)44-32(41)24-11-9-23(10-12-24)31(40)43-28-16-15-25-17-27(14-13-26(25)18-28)33(42)45-30-21-36(5,6)39-37(7,8)22-30/h23-30,38-39H,9-22H2,1-8H3. The molecule has 0 aromatic heterocycles. The zero-order chi connectivity index (χ0) is 32.8. The van der Waals surface area contributed by atoms with Crippen LogP contribution < -0.4 is 10.6 Å². The molecule has 2 N–H and O–H groups in total. The Morgan fingerprint density at radius 1 is 0.444 bits per heavy atom. The van der Waals surface area contributed by atoms with Crippen molar-refractivity contribution < 1.29 is 28.6 Å². The predicted octanol–water partition coefficient (Wildman–Crippen LogP) is 6.63. The summed E-state index contributed by atoms with van der Waals surface area (Å²) in [4.78, 5) is 39.4. The Hall–Kier alpha value is -1.67. The molecule has 0 bridgehead atoms. The molecular formula is C37H62N2O6. The van der Waals surface area contributed by atoms with Gasteiger partial charge in [-0.2, -0.15) is 0 Å². The zero-order valence-electron chi connectivity index (χ0n) is 29.5. The third-order valence-corrected chi connectivity index (χ3v) is 11.4. The van der Waals surface area contributed by atoms with Crippen LogP contribution >= 0.6 is 0 Å². The molecule has 45 heavy (non-hydrogen) atoms. The van der Waals surface area contributed by atoms with Gasteiger partial charge in [-0.15, -0.1) is 0 Å². The predicted molar refractivity (Wildman–Crippen MR) is 174 cm³/mol. The highest BCUT2D eigenvalue weighted by Crippen LogP contribution is 2.45. The normalized spacial score (nSPS) is 36.3. The Labute approximate surface area is 272 Å². The fourth-order valence-corrected chi connectivity index (χ4v) is 10.1. The molecule has 5 rings (SSSR count). The van der Waals surface area contributed by atoms with Crippen molar-refractivity contribution in [2.45, 2.75) is 186 Å². The molecular weight excluding hydrogens is 568 g/mol. The maximum Gasteiger partial charge on any atom is 0.309 e. The molecule has 4 atom stereocenters. The van der Waals surface area contributed by atoms with Crippen molar-refractivity contribution >= 4 is 17.9 Å². The molecule has 8 heteroatoms. The van der Waals surface area contributed by atoms with Crippen LogP contribution in [0.1, 0.15) is 145 Å². The fraction of sp³-hybridized carbons (Fsp3) is 0.919. The first-order chi connectivity index (χ1) is 20.9. The van der Waals surface area contributed by atoms with E-state index in [9.17, 15) is 14.4 Å². The zero-order valence-corrected chi connectivity index (χ0v) is 29.5. The topological polar surface area (TPSA) is 103 Å².